The molecule has 106 valence electrons. The Balaban J connectivity index is 1.63. The minimum Gasteiger partial charge on any atom is -0.399 e. The van der Waals surface area contributed by atoms with Crippen molar-refractivity contribution in [3.63, 3.8) is 0 Å². The molecule has 1 aliphatic heterocycles. The summed E-state index contributed by atoms with van der Waals surface area (Å²) in [6.07, 6.45) is 3.68. The zero-order chi connectivity index (χ0) is 13.5. The van der Waals surface area contributed by atoms with Gasteiger partial charge in [0.25, 0.3) is 0 Å². The predicted molar refractivity (Wildman–Crippen MR) is 82.3 cm³/mol. The summed E-state index contributed by atoms with van der Waals surface area (Å²) in [4.78, 5) is 5.18. The lowest BCUT2D eigenvalue weighted by Gasteiger charge is -2.34. The van der Waals surface area contributed by atoms with E-state index in [0.717, 1.165) is 12.1 Å². The Morgan fingerprint density at radius 3 is 2.11 bits per heavy atom. The quantitative estimate of drug-likeness (QED) is 0.797. The Morgan fingerprint density at radius 1 is 0.947 bits per heavy atom. The summed E-state index contributed by atoms with van der Waals surface area (Å²) in [6.45, 7) is 9.72. The first-order valence-electron chi connectivity index (χ1n) is 7.57. The van der Waals surface area contributed by atoms with Gasteiger partial charge >= 0.3 is 0 Å². The highest BCUT2D eigenvalue weighted by Gasteiger charge is 2.15. The van der Waals surface area contributed by atoms with Crippen LogP contribution in [0, 0.1) is 0 Å². The van der Waals surface area contributed by atoms with Gasteiger partial charge in [-0.1, -0.05) is 19.1 Å². The number of nitrogens with two attached hydrogens (primary N) is 1. The highest BCUT2D eigenvalue weighted by molar-refractivity contribution is 5.39. The maximum Gasteiger partial charge on any atom is 0.0314 e. The fraction of sp³-hybridized carbons (Fsp3) is 0.625. The molecular formula is C16H27N3. The van der Waals surface area contributed by atoms with Crippen molar-refractivity contribution in [2.45, 2.75) is 26.2 Å². The Bertz CT molecular complexity index is 353. The first kappa shape index (κ1) is 14.4. The Kier molecular flexibility index (Phi) is 5.67. The number of hydrogen-bond donors (Lipinski definition) is 1. The van der Waals surface area contributed by atoms with Crippen LogP contribution in [-0.4, -0.2) is 49.1 Å². The smallest absolute Gasteiger partial charge is 0.0314 e. The summed E-state index contributed by atoms with van der Waals surface area (Å²) in [6, 6.07) is 8.29. The molecule has 1 aromatic carbocycles. The molecule has 3 heteroatoms. The molecule has 0 spiro atoms. The molecule has 1 saturated heterocycles. The lowest BCUT2D eigenvalue weighted by atomic mass is 10.1. The van der Waals surface area contributed by atoms with E-state index in [1.165, 1.54) is 57.7 Å². The molecule has 1 heterocycles. The van der Waals surface area contributed by atoms with E-state index in [0.29, 0.717) is 0 Å². The average Bonchev–Trinajstić information content (AvgIpc) is 2.43. The van der Waals surface area contributed by atoms with Crippen LogP contribution in [0.25, 0.3) is 0 Å². The summed E-state index contributed by atoms with van der Waals surface area (Å²) >= 11 is 0. The molecule has 2 rings (SSSR count). The summed E-state index contributed by atoms with van der Waals surface area (Å²) in [5.41, 5.74) is 7.96. The highest BCUT2D eigenvalue weighted by Crippen LogP contribution is 2.09. The van der Waals surface area contributed by atoms with E-state index in [1.807, 2.05) is 12.1 Å². The average molecular weight is 261 g/mol. The van der Waals surface area contributed by atoms with Crippen molar-refractivity contribution in [3.8, 4) is 0 Å². The van der Waals surface area contributed by atoms with E-state index in [4.69, 9.17) is 5.73 Å². The van der Waals surface area contributed by atoms with Crippen molar-refractivity contribution in [2.75, 3.05) is 45.0 Å². The lowest BCUT2D eigenvalue weighted by Crippen LogP contribution is -2.46. The molecule has 0 unspecified atom stereocenters. The van der Waals surface area contributed by atoms with E-state index in [1.54, 1.807) is 0 Å². The van der Waals surface area contributed by atoms with Gasteiger partial charge in [-0.05, 0) is 50.0 Å². The first-order valence-corrected chi connectivity index (χ1v) is 7.57. The minimum absolute atomic E-state index is 0.857. The second kappa shape index (κ2) is 7.51. The maximum absolute atomic E-state index is 5.70. The highest BCUT2D eigenvalue weighted by atomic mass is 15.3. The van der Waals surface area contributed by atoms with Gasteiger partial charge in [0.05, 0.1) is 0 Å². The molecule has 2 N–H and O–H groups in total. The number of nitrogens with zero attached hydrogens (tertiary/aromatic N) is 2. The molecular weight excluding hydrogens is 234 g/mol. The number of piperazine rings is 1. The van der Waals surface area contributed by atoms with Gasteiger partial charge in [0.1, 0.15) is 0 Å². The molecule has 0 bridgehead atoms. The molecule has 0 saturated carbocycles. The van der Waals surface area contributed by atoms with Gasteiger partial charge in [0.15, 0.2) is 0 Å². The van der Waals surface area contributed by atoms with Crippen LogP contribution in [0.4, 0.5) is 5.69 Å². The molecule has 0 amide bonds. The van der Waals surface area contributed by atoms with Crippen molar-refractivity contribution >= 4 is 5.69 Å². The SMILES string of the molecule is CCCN1CCN(CCCc2ccc(N)cc2)CC1. The van der Waals surface area contributed by atoms with E-state index in [2.05, 4.69) is 28.9 Å². The van der Waals surface area contributed by atoms with Gasteiger partial charge in [-0.25, -0.2) is 0 Å². The van der Waals surface area contributed by atoms with Gasteiger partial charge < -0.3 is 15.5 Å². The third kappa shape index (κ3) is 4.84. The molecule has 3 nitrogen and oxygen atoms in total. The molecule has 1 fully saturated rings. The number of rotatable bonds is 6. The minimum atomic E-state index is 0.857. The molecule has 1 aromatic rings. The summed E-state index contributed by atoms with van der Waals surface area (Å²) < 4.78 is 0. The van der Waals surface area contributed by atoms with Crippen LogP contribution in [0.15, 0.2) is 24.3 Å². The molecule has 1 aliphatic rings. The number of nitrogen functional groups attached to an aromatic ring is 1. The van der Waals surface area contributed by atoms with Gasteiger partial charge in [0.2, 0.25) is 0 Å². The fourth-order valence-corrected chi connectivity index (χ4v) is 2.74. The monoisotopic (exact) mass is 261 g/mol. The normalized spacial score (nSPS) is 17.7. The number of benzene rings is 1. The Hall–Kier alpha value is -1.06. The summed E-state index contributed by atoms with van der Waals surface area (Å²) in [7, 11) is 0. The van der Waals surface area contributed by atoms with E-state index in [-0.39, 0.29) is 0 Å². The van der Waals surface area contributed by atoms with Gasteiger partial charge in [0, 0.05) is 31.9 Å². The third-order valence-electron chi connectivity index (χ3n) is 3.92. The van der Waals surface area contributed by atoms with Crippen molar-refractivity contribution in [3.05, 3.63) is 29.8 Å². The molecule has 0 aromatic heterocycles. The Morgan fingerprint density at radius 2 is 1.53 bits per heavy atom. The maximum atomic E-state index is 5.70. The number of aryl methyl sites for hydroxylation is 1. The second-order valence-corrected chi connectivity index (χ2v) is 5.53. The van der Waals surface area contributed by atoms with E-state index >= 15 is 0 Å². The zero-order valence-electron chi connectivity index (χ0n) is 12.1. The van der Waals surface area contributed by atoms with Crippen molar-refractivity contribution in [2.24, 2.45) is 0 Å². The first-order chi connectivity index (χ1) is 9.28. The standard InChI is InChI=1S/C16H27N3/c1-2-9-18-11-13-19(14-12-18)10-3-4-15-5-7-16(17)8-6-15/h5-8H,2-4,9-14,17H2,1H3. The zero-order valence-corrected chi connectivity index (χ0v) is 12.1. The van der Waals surface area contributed by atoms with Crippen LogP contribution in [0.2, 0.25) is 0 Å². The summed E-state index contributed by atoms with van der Waals surface area (Å²) in [5, 5.41) is 0. The van der Waals surface area contributed by atoms with Gasteiger partial charge in [-0.3, -0.25) is 0 Å². The number of hydrogen-bond acceptors (Lipinski definition) is 3. The molecule has 19 heavy (non-hydrogen) atoms. The Labute approximate surface area is 117 Å². The fourth-order valence-electron chi connectivity index (χ4n) is 2.74. The van der Waals surface area contributed by atoms with Crippen LogP contribution < -0.4 is 5.73 Å². The predicted octanol–water partition coefficient (Wildman–Crippen LogP) is 2.23. The van der Waals surface area contributed by atoms with Crippen molar-refractivity contribution < 1.29 is 0 Å². The van der Waals surface area contributed by atoms with Crippen LogP contribution in [-0.2, 0) is 6.42 Å². The van der Waals surface area contributed by atoms with Crippen molar-refractivity contribution in [1.29, 1.82) is 0 Å². The van der Waals surface area contributed by atoms with Crippen LogP contribution in [0.5, 0.6) is 0 Å². The van der Waals surface area contributed by atoms with E-state index in [9.17, 15) is 0 Å². The lowest BCUT2D eigenvalue weighted by molar-refractivity contribution is 0.131. The molecule has 0 atom stereocenters. The molecule has 0 aliphatic carbocycles. The topological polar surface area (TPSA) is 32.5 Å². The molecule has 0 radical (unpaired) electrons. The van der Waals surface area contributed by atoms with Crippen LogP contribution in [0.3, 0.4) is 0 Å². The van der Waals surface area contributed by atoms with Crippen LogP contribution >= 0.6 is 0 Å². The number of anilines is 1. The van der Waals surface area contributed by atoms with Gasteiger partial charge in [-0.2, -0.15) is 0 Å². The van der Waals surface area contributed by atoms with Gasteiger partial charge in [-0.15, -0.1) is 0 Å². The second-order valence-electron chi connectivity index (χ2n) is 5.53. The van der Waals surface area contributed by atoms with Crippen LogP contribution in [0.1, 0.15) is 25.3 Å². The summed E-state index contributed by atoms with van der Waals surface area (Å²) in [5.74, 6) is 0. The van der Waals surface area contributed by atoms with Crippen molar-refractivity contribution in [1.82, 2.24) is 9.80 Å². The third-order valence-corrected chi connectivity index (χ3v) is 3.92. The largest absolute Gasteiger partial charge is 0.399 e. The van der Waals surface area contributed by atoms with E-state index < -0.39 is 0 Å².